The van der Waals surface area contributed by atoms with Gasteiger partial charge in [0.2, 0.25) is 0 Å². The molecule has 2 fully saturated rings. The number of aryl methyl sites for hydroxylation is 1. The number of carbonyl (C=O) groups is 2. The quantitative estimate of drug-likeness (QED) is 0.357. The van der Waals surface area contributed by atoms with Crippen molar-refractivity contribution in [2.75, 3.05) is 26.8 Å². The molecule has 0 spiro atoms. The summed E-state index contributed by atoms with van der Waals surface area (Å²) in [4.78, 5) is 27.3. The van der Waals surface area contributed by atoms with Crippen molar-refractivity contribution in [3.63, 3.8) is 0 Å². The summed E-state index contributed by atoms with van der Waals surface area (Å²) in [6.45, 7) is 4.87. The van der Waals surface area contributed by atoms with Crippen molar-refractivity contribution >= 4 is 22.6 Å². The number of benzene rings is 2. The molecule has 1 saturated heterocycles. The van der Waals surface area contributed by atoms with E-state index in [1.165, 1.54) is 18.4 Å². The van der Waals surface area contributed by atoms with Gasteiger partial charge in [-0.3, -0.25) is 14.3 Å². The molecular formula is C27H31N3O3. The standard InChI is InChI=1S/C27H31N3O3/c1-18-23(26(31)4-3-13-33-2)11-12-25-24(18)17-30(28-25)16-19-14-29(15-19)27(32)22-9-7-21(8-10-22)20-5-6-20/h7-12,17,19-20H,3-6,13-16H2,1-2H3. The van der Waals surface area contributed by atoms with Gasteiger partial charge in [0.05, 0.1) is 5.52 Å². The lowest BCUT2D eigenvalue weighted by atomic mass is 9.98. The lowest BCUT2D eigenvalue weighted by Gasteiger charge is -2.39. The van der Waals surface area contributed by atoms with Gasteiger partial charge in [-0.2, -0.15) is 5.10 Å². The first-order valence-electron chi connectivity index (χ1n) is 11.9. The number of aromatic nitrogens is 2. The van der Waals surface area contributed by atoms with Crippen molar-refractivity contribution in [1.29, 1.82) is 0 Å². The van der Waals surface area contributed by atoms with E-state index in [0.717, 1.165) is 53.6 Å². The highest BCUT2D eigenvalue weighted by atomic mass is 16.5. The molecule has 0 radical (unpaired) electrons. The Bertz CT molecular complexity index is 1170. The predicted molar refractivity (Wildman–Crippen MR) is 128 cm³/mol. The highest BCUT2D eigenvalue weighted by molar-refractivity contribution is 6.01. The minimum absolute atomic E-state index is 0.117. The van der Waals surface area contributed by atoms with Gasteiger partial charge < -0.3 is 9.64 Å². The molecule has 1 amide bonds. The van der Waals surface area contributed by atoms with Gasteiger partial charge >= 0.3 is 0 Å². The van der Waals surface area contributed by atoms with Crippen LogP contribution in [0.4, 0.5) is 0 Å². The van der Waals surface area contributed by atoms with Crippen LogP contribution in [0.2, 0.25) is 0 Å². The van der Waals surface area contributed by atoms with Gasteiger partial charge in [0, 0.05) is 68.4 Å². The highest BCUT2D eigenvalue weighted by Gasteiger charge is 2.32. The molecule has 2 aliphatic rings. The second-order valence-corrected chi connectivity index (χ2v) is 9.51. The molecule has 6 heteroatoms. The van der Waals surface area contributed by atoms with Gasteiger partial charge in [-0.25, -0.2) is 0 Å². The second kappa shape index (κ2) is 9.10. The maximum atomic E-state index is 12.8. The van der Waals surface area contributed by atoms with E-state index >= 15 is 0 Å². The van der Waals surface area contributed by atoms with Crippen molar-refractivity contribution in [2.45, 2.75) is 45.1 Å². The SMILES string of the molecule is COCCCC(=O)c1ccc2nn(CC3CN(C(=O)c4ccc(C5CC5)cc4)C3)cc2c1C. The number of Topliss-reactive ketones (excluding diaryl/α,β-unsaturated/α-hetero) is 1. The number of carbonyl (C=O) groups excluding carboxylic acids is 2. The zero-order chi connectivity index (χ0) is 22.9. The Hall–Kier alpha value is -2.99. The molecular weight excluding hydrogens is 414 g/mol. The van der Waals surface area contributed by atoms with Gasteiger partial charge in [-0.1, -0.05) is 12.1 Å². The Kier molecular flexibility index (Phi) is 6.02. The van der Waals surface area contributed by atoms with E-state index in [1.54, 1.807) is 7.11 Å². The van der Waals surface area contributed by atoms with Crippen LogP contribution in [-0.4, -0.2) is 53.2 Å². The van der Waals surface area contributed by atoms with E-state index in [0.29, 0.717) is 24.9 Å². The van der Waals surface area contributed by atoms with E-state index in [9.17, 15) is 9.59 Å². The number of rotatable bonds is 9. The Labute approximate surface area is 194 Å². The molecule has 1 aliphatic heterocycles. The van der Waals surface area contributed by atoms with Crippen molar-refractivity contribution < 1.29 is 14.3 Å². The Morgan fingerprint density at radius 2 is 1.85 bits per heavy atom. The fourth-order valence-corrected chi connectivity index (χ4v) is 4.80. The monoisotopic (exact) mass is 445 g/mol. The van der Waals surface area contributed by atoms with Crippen LogP contribution >= 0.6 is 0 Å². The summed E-state index contributed by atoms with van der Waals surface area (Å²) in [7, 11) is 1.65. The van der Waals surface area contributed by atoms with Gasteiger partial charge in [-0.15, -0.1) is 0 Å². The molecule has 1 aromatic heterocycles. The molecule has 2 heterocycles. The number of amides is 1. The third-order valence-corrected chi connectivity index (χ3v) is 6.95. The number of nitrogens with zero attached hydrogens (tertiary/aromatic N) is 3. The summed E-state index contributed by atoms with van der Waals surface area (Å²) in [5, 5.41) is 5.74. The Balaban J connectivity index is 1.19. The number of hydrogen-bond donors (Lipinski definition) is 0. The molecule has 1 saturated carbocycles. The molecule has 6 nitrogen and oxygen atoms in total. The molecule has 33 heavy (non-hydrogen) atoms. The molecule has 2 aromatic carbocycles. The molecule has 0 atom stereocenters. The van der Waals surface area contributed by atoms with Crippen molar-refractivity contribution in [3.05, 3.63) is 64.8 Å². The molecule has 0 N–H and O–H groups in total. The van der Waals surface area contributed by atoms with Crippen LogP contribution in [0.1, 0.15) is 63.4 Å². The molecule has 172 valence electrons. The first-order valence-corrected chi connectivity index (χ1v) is 11.9. The largest absolute Gasteiger partial charge is 0.385 e. The van der Waals surface area contributed by atoms with Gasteiger partial charge in [0.1, 0.15) is 0 Å². The minimum atomic E-state index is 0.117. The number of fused-ring (bicyclic) bond motifs is 1. The maximum absolute atomic E-state index is 12.8. The normalized spacial score (nSPS) is 16.2. The lowest BCUT2D eigenvalue weighted by Crippen LogP contribution is -2.51. The first kappa shape index (κ1) is 21.8. The van der Waals surface area contributed by atoms with E-state index in [2.05, 4.69) is 12.1 Å². The van der Waals surface area contributed by atoms with Crippen molar-refractivity contribution in [2.24, 2.45) is 5.92 Å². The average Bonchev–Trinajstić information content (AvgIpc) is 3.56. The average molecular weight is 446 g/mol. The molecule has 0 unspecified atom stereocenters. The zero-order valence-electron chi connectivity index (χ0n) is 19.4. The Morgan fingerprint density at radius 3 is 2.55 bits per heavy atom. The third kappa shape index (κ3) is 4.58. The van der Waals surface area contributed by atoms with Crippen LogP contribution in [0.15, 0.2) is 42.6 Å². The van der Waals surface area contributed by atoms with Gasteiger partial charge in [0.25, 0.3) is 5.91 Å². The van der Waals surface area contributed by atoms with Crippen LogP contribution < -0.4 is 0 Å². The number of methoxy groups -OCH3 is 1. The summed E-state index contributed by atoms with van der Waals surface area (Å²) >= 11 is 0. The van der Waals surface area contributed by atoms with Crippen molar-refractivity contribution in [3.8, 4) is 0 Å². The van der Waals surface area contributed by atoms with Gasteiger partial charge in [-0.05, 0) is 67.5 Å². The maximum Gasteiger partial charge on any atom is 0.253 e. The summed E-state index contributed by atoms with van der Waals surface area (Å²) in [5.41, 5.74) is 4.80. The Morgan fingerprint density at radius 1 is 1.09 bits per heavy atom. The fraction of sp³-hybridized carbons (Fsp3) is 0.444. The van der Waals surface area contributed by atoms with E-state index < -0.39 is 0 Å². The van der Waals surface area contributed by atoms with E-state index in [1.807, 2.05) is 47.0 Å². The van der Waals surface area contributed by atoms with Crippen LogP contribution in [0.3, 0.4) is 0 Å². The van der Waals surface area contributed by atoms with Crippen molar-refractivity contribution in [1.82, 2.24) is 14.7 Å². The van der Waals surface area contributed by atoms with E-state index in [4.69, 9.17) is 9.84 Å². The van der Waals surface area contributed by atoms with Crippen LogP contribution in [-0.2, 0) is 11.3 Å². The number of ketones is 1. The molecule has 1 aliphatic carbocycles. The predicted octanol–water partition coefficient (Wildman–Crippen LogP) is 4.60. The summed E-state index contributed by atoms with van der Waals surface area (Å²) in [5.74, 6) is 1.37. The summed E-state index contributed by atoms with van der Waals surface area (Å²) in [6.07, 6.45) is 5.80. The zero-order valence-corrected chi connectivity index (χ0v) is 19.4. The van der Waals surface area contributed by atoms with Crippen LogP contribution in [0, 0.1) is 12.8 Å². The number of likely N-dealkylation sites (tertiary alicyclic amines) is 1. The highest BCUT2D eigenvalue weighted by Crippen LogP contribution is 2.40. The fourth-order valence-electron chi connectivity index (χ4n) is 4.80. The van der Waals surface area contributed by atoms with Crippen LogP contribution in [0.5, 0.6) is 0 Å². The van der Waals surface area contributed by atoms with Gasteiger partial charge in [0.15, 0.2) is 5.78 Å². The first-order chi connectivity index (χ1) is 16.0. The molecule has 0 bridgehead atoms. The molecule has 5 rings (SSSR count). The summed E-state index contributed by atoms with van der Waals surface area (Å²) in [6, 6.07) is 12.0. The second-order valence-electron chi connectivity index (χ2n) is 9.51. The molecule has 3 aromatic rings. The topological polar surface area (TPSA) is 64.4 Å². The minimum Gasteiger partial charge on any atom is -0.385 e. The number of hydrogen-bond acceptors (Lipinski definition) is 4. The lowest BCUT2D eigenvalue weighted by molar-refractivity contribution is 0.0462. The van der Waals surface area contributed by atoms with Crippen LogP contribution in [0.25, 0.3) is 10.9 Å². The number of ether oxygens (including phenoxy) is 1. The summed E-state index contributed by atoms with van der Waals surface area (Å²) < 4.78 is 7.02. The third-order valence-electron chi connectivity index (χ3n) is 6.95. The van der Waals surface area contributed by atoms with E-state index in [-0.39, 0.29) is 11.7 Å². The smallest absolute Gasteiger partial charge is 0.253 e.